The number of ether oxygens (including phenoxy) is 1. The Morgan fingerprint density at radius 3 is 2.66 bits per heavy atom. The molecule has 1 amide bonds. The molecule has 2 heterocycles. The van der Waals surface area contributed by atoms with Gasteiger partial charge in [-0.2, -0.15) is 0 Å². The van der Waals surface area contributed by atoms with Gasteiger partial charge >= 0.3 is 0 Å². The topological polar surface area (TPSA) is 111 Å². The van der Waals surface area contributed by atoms with E-state index >= 15 is 0 Å². The molecule has 1 fully saturated rings. The minimum absolute atomic E-state index is 0.0352. The number of rotatable bonds is 11. The number of nitrogens with zero attached hydrogens (tertiary/aromatic N) is 2. The number of para-hydroxylation sites is 1. The molecule has 4 rings (SSSR count). The Morgan fingerprint density at radius 2 is 1.91 bits per heavy atom. The first-order valence-corrected chi connectivity index (χ1v) is 13.4. The molecule has 0 bridgehead atoms. The molecular weight excluding hydrogens is 468 g/mol. The zero-order valence-corrected chi connectivity index (χ0v) is 20.8. The first-order valence-electron chi connectivity index (χ1n) is 12.0. The average molecular weight is 503 g/mol. The van der Waals surface area contributed by atoms with Gasteiger partial charge in [0, 0.05) is 52.9 Å². The SMILES string of the molecule is CN(CC1CNC1)S(=O)(=O)c1ccccc1OCC(=O)NC[C@@H](O)CN1CCc2ccccc2C1. The van der Waals surface area contributed by atoms with Gasteiger partial charge in [0.05, 0.1) is 6.10 Å². The van der Waals surface area contributed by atoms with Crippen LogP contribution in [0.2, 0.25) is 0 Å². The number of fused-ring (bicyclic) bond motifs is 1. The van der Waals surface area contributed by atoms with Gasteiger partial charge in [0.1, 0.15) is 10.6 Å². The summed E-state index contributed by atoms with van der Waals surface area (Å²) < 4.78 is 33.0. The highest BCUT2D eigenvalue weighted by molar-refractivity contribution is 7.89. The van der Waals surface area contributed by atoms with Crippen LogP contribution >= 0.6 is 0 Å². The molecule has 1 saturated heterocycles. The van der Waals surface area contributed by atoms with Crippen LogP contribution in [0.1, 0.15) is 11.1 Å². The van der Waals surface area contributed by atoms with Crippen molar-refractivity contribution >= 4 is 15.9 Å². The van der Waals surface area contributed by atoms with Gasteiger partial charge < -0.3 is 20.5 Å². The fourth-order valence-electron chi connectivity index (χ4n) is 4.39. The number of carbonyl (C=O) groups is 1. The average Bonchev–Trinajstić information content (AvgIpc) is 2.83. The van der Waals surface area contributed by atoms with Gasteiger partial charge in [-0.3, -0.25) is 9.69 Å². The number of aliphatic hydroxyl groups is 1. The van der Waals surface area contributed by atoms with E-state index in [0.29, 0.717) is 19.0 Å². The number of hydrogen-bond donors (Lipinski definition) is 3. The van der Waals surface area contributed by atoms with Crippen molar-refractivity contribution in [2.75, 3.05) is 52.9 Å². The number of amides is 1. The molecule has 0 saturated carbocycles. The van der Waals surface area contributed by atoms with Gasteiger partial charge in [-0.05, 0) is 35.6 Å². The summed E-state index contributed by atoms with van der Waals surface area (Å²) in [4.78, 5) is 14.5. The fourth-order valence-corrected chi connectivity index (χ4v) is 5.76. The number of aliphatic hydroxyl groups excluding tert-OH is 1. The maximum Gasteiger partial charge on any atom is 0.258 e. The van der Waals surface area contributed by atoms with Crippen LogP contribution in [-0.2, 0) is 27.8 Å². The molecule has 190 valence electrons. The van der Waals surface area contributed by atoms with Crippen molar-refractivity contribution in [1.82, 2.24) is 19.8 Å². The summed E-state index contributed by atoms with van der Waals surface area (Å²) in [5.74, 6) is 0.00245. The van der Waals surface area contributed by atoms with Gasteiger partial charge in [0.15, 0.2) is 6.61 Å². The number of carbonyl (C=O) groups excluding carboxylic acids is 1. The van der Waals surface area contributed by atoms with Crippen molar-refractivity contribution in [1.29, 1.82) is 0 Å². The van der Waals surface area contributed by atoms with Gasteiger partial charge in [0.2, 0.25) is 10.0 Å². The largest absolute Gasteiger partial charge is 0.482 e. The van der Waals surface area contributed by atoms with Crippen LogP contribution in [0.3, 0.4) is 0 Å². The summed E-state index contributed by atoms with van der Waals surface area (Å²) in [5.41, 5.74) is 2.62. The minimum atomic E-state index is -3.75. The molecule has 2 aliphatic heterocycles. The number of benzene rings is 2. The van der Waals surface area contributed by atoms with Crippen molar-refractivity contribution in [3.63, 3.8) is 0 Å². The Bertz CT molecular complexity index is 1120. The van der Waals surface area contributed by atoms with Gasteiger partial charge in [0.25, 0.3) is 5.91 Å². The van der Waals surface area contributed by atoms with Crippen LogP contribution in [0, 0.1) is 5.92 Å². The number of hydrogen-bond acceptors (Lipinski definition) is 7. The lowest BCUT2D eigenvalue weighted by molar-refractivity contribution is -0.123. The zero-order chi connectivity index (χ0) is 24.8. The number of sulfonamides is 1. The van der Waals surface area contributed by atoms with Crippen molar-refractivity contribution in [2.45, 2.75) is 24.0 Å². The van der Waals surface area contributed by atoms with E-state index in [1.165, 1.54) is 21.5 Å². The summed E-state index contributed by atoms with van der Waals surface area (Å²) in [6, 6.07) is 14.6. The molecular formula is C25H34N4O5S. The van der Waals surface area contributed by atoms with Crippen LogP contribution in [0.15, 0.2) is 53.4 Å². The molecule has 0 spiro atoms. The molecule has 0 aliphatic carbocycles. The second-order valence-corrected chi connectivity index (χ2v) is 11.3. The fraction of sp³-hybridized carbons (Fsp3) is 0.480. The predicted octanol–water partition coefficient (Wildman–Crippen LogP) is 0.441. The quantitative estimate of drug-likeness (QED) is 0.409. The lowest BCUT2D eigenvalue weighted by atomic mass is 10.00. The molecule has 0 unspecified atom stereocenters. The molecule has 2 aromatic carbocycles. The Kier molecular flexibility index (Phi) is 8.40. The van der Waals surface area contributed by atoms with Gasteiger partial charge in [-0.25, -0.2) is 12.7 Å². The smallest absolute Gasteiger partial charge is 0.258 e. The Labute approximate surface area is 207 Å². The van der Waals surface area contributed by atoms with Crippen molar-refractivity contribution in [2.24, 2.45) is 5.92 Å². The van der Waals surface area contributed by atoms with Gasteiger partial charge in [-0.1, -0.05) is 36.4 Å². The Hall–Kier alpha value is -2.50. The zero-order valence-electron chi connectivity index (χ0n) is 20.0. The maximum absolute atomic E-state index is 13.0. The van der Waals surface area contributed by atoms with E-state index in [9.17, 15) is 18.3 Å². The Morgan fingerprint density at radius 1 is 1.20 bits per heavy atom. The molecule has 0 aromatic heterocycles. The minimum Gasteiger partial charge on any atom is -0.482 e. The first kappa shape index (κ1) is 25.6. The monoisotopic (exact) mass is 502 g/mol. The van der Waals surface area contributed by atoms with Crippen molar-refractivity contribution in [3.05, 3.63) is 59.7 Å². The lowest BCUT2D eigenvalue weighted by Gasteiger charge is -2.31. The number of β-amino-alcohol motifs (C(OH)–C–C–N with tert-alkyl or cyclic N) is 1. The summed E-state index contributed by atoms with van der Waals surface area (Å²) in [6.45, 7) is 3.88. The van der Waals surface area contributed by atoms with E-state index in [-0.39, 0.29) is 23.8 Å². The third-order valence-electron chi connectivity index (χ3n) is 6.49. The van der Waals surface area contributed by atoms with E-state index in [1.807, 2.05) is 12.1 Å². The van der Waals surface area contributed by atoms with Crippen LogP contribution < -0.4 is 15.4 Å². The van der Waals surface area contributed by atoms with Crippen molar-refractivity contribution in [3.8, 4) is 5.75 Å². The highest BCUT2D eigenvalue weighted by atomic mass is 32.2. The standard InChI is InChI=1S/C25H34N4O5S/c1-28(15-19-12-26-13-19)35(32,33)24-9-5-4-8-23(24)34-18-25(31)27-14-22(30)17-29-11-10-20-6-2-3-7-21(20)16-29/h2-9,19,22,26,30H,10-18H2,1H3,(H,27,31)/t22-/m1/s1. The molecule has 2 aromatic rings. The second kappa shape index (κ2) is 11.5. The third kappa shape index (κ3) is 6.59. The molecule has 3 N–H and O–H groups in total. The Balaban J connectivity index is 1.24. The van der Waals surface area contributed by atoms with E-state index in [1.54, 1.807) is 25.2 Å². The molecule has 0 radical (unpaired) electrons. The maximum atomic E-state index is 13.0. The molecule has 10 heteroatoms. The summed E-state index contributed by atoms with van der Waals surface area (Å²) in [5, 5.41) is 16.2. The number of nitrogens with one attached hydrogen (secondary N) is 2. The highest BCUT2D eigenvalue weighted by Gasteiger charge is 2.29. The second-order valence-electron chi connectivity index (χ2n) is 9.26. The van der Waals surface area contributed by atoms with E-state index in [0.717, 1.165) is 32.6 Å². The molecule has 1 atom stereocenters. The van der Waals surface area contributed by atoms with Gasteiger partial charge in [-0.15, -0.1) is 0 Å². The summed E-state index contributed by atoms with van der Waals surface area (Å²) in [7, 11) is -2.19. The normalized spacial score (nSPS) is 17.5. The van der Waals surface area contributed by atoms with E-state index in [2.05, 4.69) is 27.7 Å². The lowest BCUT2D eigenvalue weighted by Crippen LogP contribution is -2.48. The highest BCUT2D eigenvalue weighted by Crippen LogP contribution is 2.26. The van der Waals surface area contributed by atoms with E-state index in [4.69, 9.17) is 4.74 Å². The van der Waals surface area contributed by atoms with Crippen LogP contribution in [0.5, 0.6) is 5.75 Å². The molecule has 9 nitrogen and oxygen atoms in total. The molecule has 2 aliphatic rings. The summed E-state index contributed by atoms with van der Waals surface area (Å²) >= 11 is 0. The summed E-state index contributed by atoms with van der Waals surface area (Å²) in [6.07, 6.45) is 0.226. The van der Waals surface area contributed by atoms with Crippen molar-refractivity contribution < 1.29 is 23.1 Å². The molecule has 35 heavy (non-hydrogen) atoms. The van der Waals surface area contributed by atoms with Crippen LogP contribution in [-0.4, -0.2) is 87.7 Å². The van der Waals surface area contributed by atoms with E-state index < -0.39 is 22.0 Å². The first-order chi connectivity index (χ1) is 16.8. The third-order valence-corrected chi connectivity index (χ3v) is 8.35. The van der Waals surface area contributed by atoms with Crippen LogP contribution in [0.4, 0.5) is 0 Å². The predicted molar refractivity (Wildman–Crippen MR) is 133 cm³/mol. The van der Waals surface area contributed by atoms with Crippen LogP contribution in [0.25, 0.3) is 0 Å².